The van der Waals surface area contributed by atoms with Gasteiger partial charge in [0.25, 0.3) is 0 Å². The van der Waals surface area contributed by atoms with Crippen LogP contribution in [-0.4, -0.2) is 22.5 Å². The van der Waals surface area contributed by atoms with Gasteiger partial charge in [-0.25, -0.2) is 4.79 Å². The van der Waals surface area contributed by atoms with Gasteiger partial charge in [0.05, 0.1) is 11.1 Å². The van der Waals surface area contributed by atoms with Crippen LogP contribution in [0, 0.1) is 0 Å². The Kier molecular flexibility index (Phi) is 3.76. The van der Waals surface area contributed by atoms with Crippen molar-refractivity contribution < 1.29 is 27.5 Å². The lowest BCUT2D eigenvalue weighted by atomic mass is 10.1. The number of rotatable bonds is 1. The number of hydrogen-bond acceptors (Lipinski definition) is 3. The maximum Gasteiger partial charge on any atom is 0.419 e. The summed E-state index contributed by atoms with van der Waals surface area (Å²) in [6, 6.07) is 2.85. The number of carbonyl (C=O) groups excluding carboxylic acids is 2. The fourth-order valence-corrected chi connectivity index (χ4v) is 1.99. The first kappa shape index (κ1) is 16.1. The van der Waals surface area contributed by atoms with Gasteiger partial charge in [0.2, 0.25) is 0 Å². The maximum atomic E-state index is 12.8. The van der Waals surface area contributed by atoms with Crippen molar-refractivity contribution in [3.8, 4) is 0 Å². The minimum atomic E-state index is -4.53. The molecule has 0 bridgehead atoms. The van der Waals surface area contributed by atoms with Crippen LogP contribution in [-0.2, 0) is 10.9 Å². The molecule has 0 fully saturated rings. The van der Waals surface area contributed by atoms with Crippen molar-refractivity contribution in [2.24, 2.45) is 0 Å². The highest BCUT2D eigenvalue weighted by Gasteiger charge is 2.31. The number of fused-ring (bicyclic) bond motifs is 1. The number of halogens is 3. The average Bonchev–Trinajstić information content (AvgIpc) is 2.73. The second kappa shape index (κ2) is 5.15. The Morgan fingerprint density at radius 1 is 1.23 bits per heavy atom. The molecule has 0 saturated heterocycles. The quantitative estimate of drug-likeness (QED) is 0.739. The molecule has 1 aromatic heterocycles. The van der Waals surface area contributed by atoms with Gasteiger partial charge in [-0.05, 0) is 39.0 Å². The summed E-state index contributed by atoms with van der Waals surface area (Å²) in [4.78, 5) is 23.1. The van der Waals surface area contributed by atoms with Crippen LogP contribution in [0.3, 0.4) is 0 Å². The number of benzene rings is 1. The standard InChI is InChI=1S/C15H14F3NO3/c1-14(2,3)22-13(21)19-7-9(8-20)11-6-10(15(16,17)18)4-5-12(11)19/h4-8H,1-3H3. The number of aldehydes is 1. The number of hydrogen-bond donors (Lipinski definition) is 0. The Bertz CT molecular complexity index is 739. The van der Waals surface area contributed by atoms with Gasteiger partial charge >= 0.3 is 12.3 Å². The van der Waals surface area contributed by atoms with E-state index in [4.69, 9.17) is 4.74 Å². The van der Waals surface area contributed by atoms with Gasteiger partial charge in [0.15, 0.2) is 6.29 Å². The van der Waals surface area contributed by atoms with Gasteiger partial charge in [0.1, 0.15) is 5.60 Å². The molecule has 0 radical (unpaired) electrons. The largest absolute Gasteiger partial charge is 0.443 e. The smallest absolute Gasteiger partial charge is 0.419 e. The molecule has 0 spiro atoms. The topological polar surface area (TPSA) is 48.3 Å². The number of carbonyl (C=O) groups is 2. The van der Waals surface area contributed by atoms with E-state index in [9.17, 15) is 22.8 Å². The first-order chi connectivity index (χ1) is 10.0. The van der Waals surface area contributed by atoms with Crippen LogP contribution in [0.1, 0.15) is 36.7 Å². The van der Waals surface area contributed by atoms with Crippen LogP contribution in [0.2, 0.25) is 0 Å². The first-order valence-corrected chi connectivity index (χ1v) is 6.44. The van der Waals surface area contributed by atoms with Gasteiger partial charge in [-0.15, -0.1) is 0 Å². The molecule has 1 aromatic carbocycles. The molecule has 1 heterocycles. The highest BCUT2D eigenvalue weighted by Crippen LogP contribution is 2.33. The molecule has 22 heavy (non-hydrogen) atoms. The van der Waals surface area contributed by atoms with Gasteiger partial charge < -0.3 is 4.74 Å². The van der Waals surface area contributed by atoms with Crippen LogP contribution >= 0.6 is 0 Å². The summed E-state index contributed by atoms with van der Waals surface area (Å²) in [5.74, 6) is 0. The second-order valence-corrected chi connectivity index (χ2v) is 5.78. The van der Waals surface area contributed by atoms with Crippen molar-refractivity contribution in [3.05, 3.63) is 35.5 Å². The van der Waals surface area contributed by atoms with E-state index >= 15 is 0 Å². The maximum absolute atomic E-state index is 12.8. The predicted octanol–water partition coefficient (Wildman–Crippen LogP) is 4.26. The van der Waals surface area contributed by atoms with Gasteiger partial charge in [-0.3, -0.25) is 9.36 Å². The van der Waals surface area contributed by atoms with Crippen LogP contribution in [0.15, 0.2) is 24.4 Å². The van der Waals surface area contributed by atoms with Crippen LogP contribution in [0.4, 0.5) is 18.0 Å². The van der Waals surface area contributed by atoms with Crippen molar-refractivity contribution in [2.75, 3.05) is 0 Å². The molecule has 0 aliphatic carbocycles. The van der Waals surface area contributed by atoms with Gasteiger partial charge in [0, 0.05) is 17.1 Å². The van der Waals surface area contributed by atoms with E-state index in [0.717, 1.165) is 22.8 Å². The van der Waals surface area contributed by atoms with E-state index in [-0.39, 0.29) is 16.5 Å². The highest BCUT2D eigenvalue weighted by atomic mass is 19.4. The lowest BCUT2D eigenvalue weighted by Crippen LogP contribution is -2.26. The molecule has 4 nitrogen and oxygen atoms in total. The molecule has 7 heteroatoms. The molecule has 0 aliphatic heterocycles. The molecular formula is C15H14F3NO3. The molecule has 0 unspecified atom stereocenters. The molecule has 0 N–H and O–H groups in total. The lowest BCUT2D eigenvalue weighted by molar-refractivity contribution is -0.137. The molecule has 2 aromatic rings. The van der Waals surface area contributed by atoms with Crippen molar-refractivity contribution in [2.45, 2.75) is 32.5 Å². The van der Waals surface area contributed by atoms with Crippen molar-refractivity contribution in [1.29, 1.82) is 0 Å². The summed E-state index contributed by atoms with van der Waals surface area (Å²) in [6.45, 7) is 5.00. The van der Waals surface area contributed by atoms with Crippen molar-refractivity contribution in [1.82, 2.24) is 4.57 Å². The summed E-state index contributed by atoms with van der Waals surface area (Å²) in [7, 11) is 0. The fourth-order valence-electron chi connectivity index (χ4n) is 1.99. The normalized spacial score (nSPS) is 12.5. The zero-order valence-electron chi connectivity index (χ0n) is 12.2. The number of nitrogens with zero attached hydrogens (tertiary/aromatic N) is 1. The monoisotopic (exact) mass is 313 g/mol. The van der Waals surface area contributed by atoms with E-state index in [1.165, 1.54) is 6.20 Å². The van der Waals surface area contributed by atoms with Crippen LogP contribution in [0.25, 0.3) is 10.9 Å². The molecule has 0 amide bonds. The average molecular weight is 313 g/mol. The minimum absolute atomic E-state index is 0.00745. The summed E-state index contributed by atoms with van der Waals surface area (Å²) in [5.41, 5.74) is -1.47. The molecule has 2 rings (SSSR count). The van der Waals surface area contributed by atoms with Gasteiger partial charge in [-0.2, -0.15) is 13.2 Å². The third-order valence-electron chi connectivity index (χ3n) is 2.88. The molecule has 0 aliphatic rings. The SMILES string of the molecule is CC(C)(C)OC(=O)n1cc(C=O)c2cc(C(F)(F)F)ccc21. The Balaban J connectivity index is 2.59. The Morgan fingerprint density at radius 2 is 1.86 bits per heavy atom. The Hall–Kier alpha value is -2.31. The Labute approximate surface area is 124 Å². The van der Waals surface area contributed by atoms with E-state index in [1.807, 2.05) is 0 Å². The zero-order valence-corrected chi connectivity index (χ0v) is 12.2. The third-order valence-corrected chi connectivity index (χ3v) is 2.88. The number of aromatic nitrogens is 1. The van der Waals surface area contributed by atoms with Crippen molar-refractivity contribution >= 4 is 23.3 Å². The lowest BCUT2D eigenvalue weighted by Gasteiger charge is -2.19. The predicted molar refractivity (Wildman–Crippen MR) is 74.0 cm³/mol. The second-order valence-electron chi connectivity index (χ2n) is 5.78. The fraction of sp³-hybridized carbons (Fsp3) is 0.333. The van der Waals surface area contributed by atoms with Gasteiger partial charge in [-0.1, -0.05) is 0 Å². The van der Waals surface area contributed by atoms with Crippen LogP contribution < -0.4 is 0 Å². The minimum Gasteiger partial charge on any atom is -0.443 e. The molecule has 0 atom stereocenters. The number of ether oxygens (including phenoxy) is 1. The Morgan fingerprint density at radius 3 is 2.36 bits per heavy atom. The van der Waals surface area contributed by atoms with Crippen molar-refractivity contribution in [3.63, 3.8) is 0 Å². The molecule has 118 valence electrons. The summed E-state index contributed by atoms with van der Waals surface area (Å²) in [5, 5.41) is 0.0516. The third kappa shape index (κ3) is 3.13. The highest BCUT2D eigenvalue weighted by molar-refractivity contribution is 6.01. The molecular weight excluding hydrogens is 299 g/mol. The summed E-state index contributed by atoms with van der Waals surface area (Å²) in [6.07, 6.45) is -3.71. The van der Waals surface area contributed by atoms with E-state index in [0.29, 0.717) is 6.29 Å². The summed E-state index contributed by atoms with van der Waals surface area (Å²) >= 11 is 0. The van der Waals surface area contributed by atoms with Crippen LogP contribution in [0.5, 0.6) is 0 Å². The summed E-state index contributed by atoms with van der Waals surface area (Å²) < 4.78 is 44.5. The first-order valence-electron chi connectivity index (χ1n) is 6.44. The molecule has 0 saturated carbocycles. The zero-order chi connectivity index (χ0) is 16.7. The van der Waals surface area contributed by atoms with E-state index in [1.54, 1.807) is 20.8 Å². The van der Waals surface area contributed by atoms with E-state index < -0.39 is 23.4 Å². The number of alkyl halides is 3. The van der Waals surface area contributed by atoms with E-state index in [2.05, 4.69) is 0 Å².